The van der Waals surface area contributed by atoms with E-state index in [9.17, 15) is 4.79 Å². The normalized spacial score (nSPS) is 23.4. The highest BCUT2D eigenvalue weighted by Crippen LogP contribution is 2.35. The summed E-state index contributed by atoms with van der Waals surface area (Å²) in [5.74, 6) is 0.386. The smallest absolute Gasteiger partial charge is 0.231 e. The first kappa shape index (κ1) is 11.5. The minimum absolute atomic E-state index is 0.139. The van der Waals surface area contributed by atoms with Crippen molar-refractivity contribution < 1.29 is 4.79 Å². The molecule has 4 nitrogen and oxygen atoms in total. The molecular formula is C14H19N3O. The highest BCUT2D eigenvalue weighted by molar-refractivity contribution is 6.00. The monoisotopic (exact) mass is 245 g/mol. The van der Waals surface area contributed by atoms with Crippen LogP contribution in [-0.4, -0.2) is 37.5 Å². The summed E-state index contributed by atoms with van der Waals surface area (Å²) in [4.78, 5) is 16.7. The molecule has 2 aliphatic heterocycles. The maximum absolute atomic E-state index is 12.6. The van der Waals surface area contributed by atoms with E-state index in [1.807, 2.05) is 17.0 Å². The summed E-state index contributed by atoms with van der Waals surface area (Å²) < 4.78 is 0. The van der Waals surface area contributed by atoms with Crippen LogP contribution < -0.4 is 10.6 Å². The maximum atomic E-state index is 12.6. The molecule has 2 heterocycles. The Kier molecular flexibility index (Phi) is 2.74. The first-order valence-corrected chi connectivity index (χ1v) is 6.54. The van der Waals surface area contributed by atoms with Crippen LogP contribution in [0.2, 0.25) is 0 Å². The molecule has 1 fully saturated rings. The summed E-state index contributed by atoms with van der Waals surface area (Å²) in [5.41, 5.74) is 8.91. The van der Waals surface area contributed by atoms with Crippen molar-refractivity contribution in [2.45, 2.75) is 12.8 Å². The van der Waals surface area contributed by atoms with E-state index in [4.69, 9.17) is 5.73 Å². The van der Waals surface area contributed by atoms with Gasteiger partial charge in [-0.1, -0.05) is 12.1 Å². The molecule has 96 valence electrons. The zero-order chi connectivity index (χ0) is 12.7. The number of rotatable bonds is 1. The Morgan fingerprint density at radius 1 is 1.39 bits per heavy atom. The van der Waals surface area contributed by atoms with E-state index >= 15 is 0 Å². The number of nitrogens with zero attached hydrogens (tertiary/aromatic N) is 2. The Labute approximate surface area is 107 Å². The lowest BCUT2D eigenvalue weighted by Crippen LogP contribution is -2.36. The molecule has 1 aromatic carbocycles. The van der Waals surface area contributed by atoms with Gasteiger partial charge in [0.15, 0.2) is 0 Å². The van der Waals surface area contributed by atoms with Crippen molar-refractivity contribution >= 4 is 17.3 Å². The van der Waals surface area contributed by atoms with E-state index in [2.05, 4.69) is 18.0 Å². The molecule has 0 bridgehead atoms. The second kappa shape index (κ2) is 4.28. The van der Waals surface area contributed by atoms with Crippen LogP contribution in [0, 0.1) is 5.92 Å². The molecule has 1 aromatic rings. The summed E-state index contributed by atoms with van der Waals surface area (Å²) in [5, 5.41) is 0. The van der Waals surface area contributed by atoms with Crippen molar-refractivity contribution in [2.75, 3.05) is 37.3 Å². The van der Waals surface area contributed by atoms with Gasteiger partial charge in [-0.2, -0.15) is 0 Å². The Hall–Kier alpha value is -1.55. The van der Waals surface area contributed by atoms with Gasteiger partial charge >= 0.3 is 0 Å². The Morgan fingerprint density at radius 3 is 2.94 bits per heavy atom. The fourth-order valence-electron chi connectivity index (χ4n) is 3.06. The number of carbonyl (C=O) groups is 1. The fraction of sp³-hybridized carbons (Fsp3) is 0.500. The molecule has 0 spiro atoms. The number of amides is 1. The Balaban J connectivity index is 1.86. The number of benzene rings is 1. The van der Waals surface area contributed by atoms with Crippen LogP contribution in [0.5, 0.6) is 0 Å². The van der Waals surface area contributed by atoms with Gasteiger partial charge in [-0.05, 0) is 38.1 Å². The van der Waals surface area contributed by atoms with Gasteiger partial charge in [0.1, 0.15) is 0 Å². The number of anilines is 2. The van der Waals surface area contributed by atoms with E-state index in [1.165, 1.54) is 5.56 Å². The summed E-state index contributed by atoms with van der Waals surface area (Å²) in [7, 11) is 2.07. The molecule has 0 radical (unpaired) electrons. The molecule has 18 heavy (non-hydrogen) atoms. The minimum Gasteiger partial charge on any atom is -0.397 e. The van der Waals surface area contributed by atoms with Crippen molar-refractivity contribution in [3.8, 4) is 0 Å². The van der Waals surface area contributed by atoms with Gasteiger partial charge in [0, 0.05) is 13.1 Å². The van der Waals surface area contributed by atoms with Gasteiger partial charge in [0.2, 0.25) is 5.91 Å². The van der Waals surface area contributed by atoms with E-state index in [-0.39, 0.29) is 11.8 Å². The number of hydrogen-bond acceptors (Lipinski definition) is 3. The average molecular weight is 245 g/mol. The first-order chi connectivity index (χ1) is 8.66. The zero-order valence-electron chi connectivity index (χ0n) is 10.7. The van der Waals surface area contributed by atoms with Gasteiger partial charge in [0.25, 0.3) is 0 Å². The van der Waals surface area contributed by atoms with Gasteiger partial charge < -0.3 is 15.5 Å². The highest BCUT2D eigenvalue weighted by atomic mass is 16.2. The Morgan fingerprint density at radius 2 is 2.22 bits per heavy atom. The molecular weight excluding hydrogens is 226 g/mol. The number of para-hydroxylation sites is 1. The van der Waals surface area contributed by atoms with Crippen molar-refractivity contribution in [3.63, 3.8) is 0 Å². The van der Waals surface area contributed by atoms with Crippen molar-refractivity contribution in [3.05, 3.63) is 23.8 Å². The largest absolute Gasteiger partial charge is 0.397 e. The van der Waals surface area contributed by atoms with Crippen LogP contribution >= 0.6 is 0 Å². The lowest BCUT2D eigenvalue weighted by molar-refractivity contribution is -0.121. The van der Waals surface area contributed by atoms with Crippen LogP contribution in [0.25, 0.3) is 0 Å². The summed E-state index contributed by atoms with van der Waals surface area (Å²) >= 11 is 0. The molecule has 4 heteroatoms. The number of fused-ring (bicyclic) bond motifs is 1. The maximum Gasteiger partial charge on any atom is 0.231 e. The lowest BCUT2D eigenvalue weighted by atomic mass is 10.1. The molecule has 0 saturated carbocycles. The van der Waals surface area contributed by atoms with Crippen LogP contribution in [0.15, 0.2) is 18.2 Å². The number of nitrogens with two attached hydrogens (primary N) is 1. The molecule has 1 amide bonds. The minimum atomic E-state index is 0.139. The first-order valence-electron chi connectivity index (χ1n) is 6.54. The molecule has 0 aromatic heterocycles. The number of carbonyl (C=O) groups excluding carboxylic acids is 1. The highest BCUT2D eigenvalue weighted by Gasteiger charge is 2.34. The third kappa shape index (κ3) is 1.77. The van der Waals surface area contributed by atoms with Crippen LogP contribution in [0.4, 0.5) is 11.4 Å². The number of hydrogen-bond donors (Lipinski definition) is 1. The zero-order valence-corrected chi connectivity index (χ0v) is 10.7. The van der Waals surface area contributed by atoms with Crippen LogP contribution in [0.1, 0.15) is 12.0 Å². The molecule has 2 N–H and O–H groups in total. The van der Waals surface area contributed by atoms with Crippen molar-refractivity contribution in [1.82, 2.24) is 4.90 Å². The predicted octanol–water partition coefficient (Wildman–Crippen LogP) is 1.11. The van der Waals surface area contributed by atoms with Crippen molar-refractivity contribution in [1.29, 1.82) is 0 Å². The van der Waals surface area contributed by atoms with Crippen molar-refractivity contribution in [2.24, 2.45) is 5.92 Å². The molecule has 0 aliphatic carbocycles. The summed E-state index contributed by atoms with van der Waals surface area (Å²) in [6, 6.07) is 5.91. The van der Waals surface area contributed by atoms with Gasteiger partial charge in [-0.25, -0.2) is 0 Å². The van der Waals surface area contributed by atoms with Gasteiger partial charge in [0.05, 0.1) is 17.3 Å². The second-order valence-corrected chi connectivity index (χ2v) is 5.34. The molecule has 1 atom stereocenters. The second-order valence-electron chi connectivity index (χ2n) is 5.34. The molecule has 1 saturated heterocycles. The van der Waals surface area contributed by atoms with E-state index in [0.29, 0.717) is 0 Å². The van der Waals surface area contributed by atoms with E-state index < -0.39 is 0 Å². The number of likely N-dealkylation sites (tertiary alicyclic amines) is 1. The fourth-order valence-corrected chi connectivity index (χ4v) is 3.06. The summed E-state index contributed by atoms with van der Waals surface area (Å²) in [6.45, 7) is 2.67. The van der Waals surface area contributed by atoms with E-state index in [1.54, 1.807) is 0 Å². The topological polar surface area (TPSA) is 49.6 Å². The summed E-state index contributed by atoms with van der Waals surface area (Å²) in [6.07, 6.45) is 1.89. The van der Waals surface area contributed by atoms with Crippen LogP contribution in [0.3, 0.4) is 0 Å². The van der Waals surface area contributed by atoms with Gasteiger partial charge in [-0.15, -0.1) is 0 Å². The SMILES string of the molecule is CN1CCC(C(=O)N2CCc3cccc(N)c32)C1. The molecule has 1 unspecified atom stereocenters. The lowest BCUT2D eigenvalue weighted by Gasteiger charge is -2.22. The quantitative estimate of drug-likeness (QED) is 0.754. The van der Waals surface area contributed by atoms with Gasteiger partial charge in [-0.3, -0.25) is 4.79 Å². The van der Waals surface area contributed by atoms with E-state index in [0.717, 1.165) is 43.9 Å². The molecule has 2 aliphatic rings. The van der Waals surface area contributed by atoms with Crippen LogP contribution in [-0.2, 0) is 11.2 Å². The third-order valence-electron chi connectivity index (χ3n) is 4.03. The average Bonchev–Trinajstić information content (AvgIpc) is 2.95. The number of nitrogen functional groups attached to an aromatic ring is 1. The molecule has 3 rings (SSSR count). The standard InChI is InChI=1S/C14H19N3O/c1-16-7-5-11(9-16)14(18)17-8-6-10-3-2-4-12(15)13(10)17/h2-4,11H,5-9,15H2,1H3. The third-order valence-corrected chi connectivity index (χ3v) is 4.03. The Bertz CT molecular complexity index is 486. The predicted molar refractivity (Wildman–Crippen MR) is 72.5 cm³/mol.